The SMILES string of the molecule is O=C(C=Cc1ccco1)Nc1ccc(CO)cc1. The fraction of sp³-hybridized carbons (Fsp3) is 0.0714. The zero-order valence-corrected chi connectivity index (χ0v) is 9.67. The fourth-order valence-electron chi connectivity index (χ4n) is 1.42. The van der Waals surface area contributed by atoms with Crippen LogP contribution in [0.3, 0.4) is 0 Å². The Hall–Kier alpha value is -2.33. The van der Waals surface area contributed by atoms with Gasteiger partial charge in [0.05, 0.1) is 12.9 Å². The molecule has 2 rings (SSSR count). The van der Waals surface area contributed by atoms with Gasteiger partial charge in [0.15, 0.2) is 0 Å². The Labute approximate surface area is 105 Å². The van der Waals surface area contributed by atoms with Crippen LogP contribution in [0.25, 0.3) is 6.08 Å². The van der Waals surface area contributed by atoms with Crippen LogP contribution in [0.2, 0.25) is 0 Å². The first-order valence-corrected chi connectivity index (χ1v) is 5.50. The maximum atomic E-state index is 11.6. The van der Waals surface area contributed by atoms with Gasteiger partial charge in [-0.3, -0.25) is 4.79 Å². The molecule has 0 aliphatic rings. The molecule has 0 saturated carbocycles. The number of benzene rings is 1. The van der Waals surface area contributed by atoms with Crippen molar-refractivity contribution in [3.63, 3.8) is 0 Å². The number of rotatable bonds is 4. The van der Waals surface area contributed by atoms with Gasteiger partial charge in [0.1, 0.15) is 5.76 Å². The van der Waals surface area contributed by atoms with Crippen molar-refractivity contribution in [1.29, 1.82) is 0 Å². The maximum absolute atomic E-state index is 11.6. The van der Waals surface area contributed by atoms with Gasteiger partial charge in [-0.15, -0.1) is 0 Å². The molecule has 0 saturated heterocycles. The summed E-state index contributed by atoms with van der Waals surface area (Å²) >= 11 is 0. The molecule has 1 amide bonds. The summed E-state index contributed by atoms with van der Waals surface area (Å²) in [6, 6.07) is 10.5. The topological polar surface area (TPSA) is 62.5 Å². The summed E-state index contributed by atoms with van der Waals surface area (Å²) in [6.07, 6.45) is 4.54. The molecule has 4 nitrogen and oxygen atoms in total. The van der Waals surface area contributed by atoms with E-state index < -0.39 is 0 Å². The molecule has 0 aliphatic heterocycles. The Morgan fingerprint density at radius 1 is 1.28 bits per heavy atom. The van der Waals surface area contributed by atoms with E-state index in [4.69, 9.17) is 9.52 Å². The summed E-state index contributed by atoms with van der Waals surface area (Å²) in [6.45, 7) is -0.00732. The molecule has 0 radical (unpaired) electrons. The summed E-state index contributed by atoms with van der Waals surface area (Å²) in [5.41, 5.74) is 1.49. The monoisotopic (exact) mass is 243 g/mol. The van der Waals surface area contributed by atoms with Crippen molar-refractivity contribution in [2.75, 3.05) is 5.32 Å². The third kappa shape index (κ3) is 3.33. The normalized spacial score (nSPS) is 10.7. The van der Waals surface area contributed by atoms with Crippen LogP contribution in [0.1, 0.15) is 11.3 Å². The van der Waals surface area contributed by atoms with Gasteiger partial charge in [-0.25, -0.2) is 0 Å². The summed E-state index contributed by atoms with van der Waals surface area (Å²) in [5.74, 6) is 0.393. The van der Waals surface area contributed by atoms with Gasteiger partial charge in [0, 0.05) is 11.8 Å². The van der Waals surface area contributed by atoms with Crippen molar-refractivity contribution in [3.05, 3.63) is 60.1 Å². The van der Waals surface area contributed by atoms with Crippen LogP contribution in [-0.4, -0.2) is 11.0 Å². The van der Waals surface area contributed by atoms with E-state index in [1.54, 1.807) is 48.7 Å². The number of aliphatic hydroxyl groups is 1. The van der Waals surface area contributed by atoms with Crippen LogP contribution in [0, 0.1) is 0 Å². The molecule has 1 aromatic carbocycles. The van der Waals surface area contributed by atoms with E-state index >= 15 is 0 Å². The molecule has 0 fully saturated rings. The number of hydrogen-bond acceptors (Lipinski definition) is 3. The summed E-state index contributed by atoms with van der Waals surface area (Å²) in [4.78, 5) is 11.6. The van der Waals surface area contributed by atoms with Gasteiger partial charge in [-0.1, -0.05) is 12.1 Å². The van der Waals surface area contributed by atoms with Gasteiger partial charge in [-0.2, -0.15) is 0 Å². The Morgan fingerprint density at radius 3 is 2.67 bits per heavy atom. The van der Waals surface area contributed by atoms with Crippen molar-refractivity contribution in [1.82, 2.24) is 0 Å². The van der Waals surface area contributed by atoms with Crippen LogP contribution < -0.4 is 5.32 Å². The highest BCUT2D eigenvalue weighted by atomic mass is 16.3. The number of nitrogens with one attached hydrogen (secondary N) is 1. The molecule has 0 unspecified atom stereocenters. The van der Waals surface area contributed by atoms with E-state index in [-0.39, 0.29) is 12.5 Å². The van der Waals surface area contributed by atoms with Gasteiger partial charge < -0.3 is 14.8 Å². The Bertz CT molecular complexity index is 527. The number of anilines is 1. The first-order chi connectivity index (χ1) is 8.78. The predicted molar refractivity (Wildman–Crippen MR) is 68.7 cm³/mol. The molecule has 0 atom stereocenters. The first-order valence-electron chi connectivity index (χ1n) is 5.50. The fourth-order valence-corrected chi connectivity index (χ4v) is 1.42. The molecule has 2 aromatic rings. The zero-order chi connectivity index (χ0) is 12.8. The third-order valence-electron chi connectivity index (χ3n) is 2.35. The minimum Gasteiger partial charge on any atom is -0.465 e. The van der Waals surface area contributed by atoms with E-state index in [0.29, 0.717) is 11.4 Å². The lowest BCUT2D eigenvalue weighted by atomic mass is 10.2. The van der Waals surface area contributed by atoms with E-state index in [0.717, 1.165) is 5.56 Å². The lowest BCUT2D eigenvalue weighted by Gasteiger charge is -2.02. The lowest BCUT2D eigenvalue weighted by molar-refractivity contribution is -0.111. The van der Waals surface area contributed by atoms with Gasteiger partial charge in [0.2, 0.25) is 5.91 Å². The van der Waals surface area contributed by atoms with Crippen LogP contribution in [0.4, 0.5) is 5.69 Å². The van der Waals surface area contributed by atoms with Crippen LogP contribution >= 0.6 is 0 Å². The summed E-state index contributed by atoms with van der Waals surface area (Å²) in [5, 5.41) is 11.6. The highest BCUT2D eigenvalue weighted by Gasteiger charge is 1.98. The highest BCUT2D eigenvalue weighted by Crippen LogP contribution is 2.10. The number of carbonyl (C=O) groups is 1. The van der Waals surface area contributed by atoms with Crippen molar-refractivity contribution in [2.45, 2.75) is 6.61 Å². The molecular formula is C14H13NO3. The van der Waals surface area contributed by atoms with Crippen molar-refractivity contribution in [3.8, 4) is 0 Å². The lowest BCUT2D eigenvalue weighted by Crippen LogP contribution is -2.07. The predicted octanol–water partition coefficient (Wildman–Crippen LogP) is 2.42. The number of hydrogen-bond donors (Lipinski definition) is 2. The largest absolute Gasteiger partial charge is 0.465 e. The minimum atomic E-state index is -0.233. The molecule has 1 heterocycles. The number of aliphatic hydroxyl groups excluding tert-OH is 1. The first kappa shape index (κ1) is 12.1. The zero-order valence-electron chi connectivity index (χ0n) is 9.67. The smallest absolute Gasteiger partial charge is 0.248 e. The number of amides is 1. The van der Waals surface area contributed by atoms with E-state index in [1.807, 2.05) is 0 Å². The molecule has 0 aliphatic carbocycles. The molecule has 4 heteroatoms. The van der Waals surface area contributed by atoms with E-state index in [9.17, 15) is 4.79 Å². The number of furan rings is 1. The summed E-state index contributed by atoms with van der Waals surface area (Å²) in [7, 11) is 0. The molecule has 0 spiro atoms. The Morgan fingerprint density at radius 2 is 2.06 bits per heavy atom. The Kier molecular flexibility index (Phi) is 3.94. The van der Waals surface area contributed by atoms with Gasteiger partial charge in [-0.05, 0) is 35.9 Å². The van der Waals surface area contributed by atoms with E-state index in [1.165, 1.54) is 6.08 Å². The van der Waals surface area contributed by atoms with Crippen LogP contribution in [0.15, 0.2) is 53.2 Å². The molecule has 0 bridgehead atoms. The van der Waals surface area contributed by atoms with Crippen LogP contribution in [0.5, 0.6) is 0 Å². The molecule has 18 heavy (non-hydrogen) atoms. The van der Waals surface area contributed by atoms with Crippen LogP contribution in [-0.2, 0) is 11.4 Å². The molecule has 92 valence electrons. The van der Waals surface area contributed by atoms with E-state index in [2.05, 4.69) is 5.32 Å². The Balaban J connectivity index is 1.94. The van der Waals surface area contributed by atoms with Gasteiger partial charge >= 0.3 is 0 Å². The molecule has 2 N–H and O–H groups in total. The summed E-state index contributed by atoms with van der Waals surface area (Å²) < 4.78 is 5.07. The maximum Gasteiger partial charge on any atom is 0.248 e. The second-order valence-electron chi connectivity index (χ2n) is 3.69. The van der Waals surface area contributed by atoms with Crippen molar-refractivity contribution < 1.29 is 14.3 Å². The average molecular weight is 243 g/mol. The molecule has 1 aromatic heterocycles. The second kappa shape index (κ2) is 5.84. The quantitative estimate of drug-likeness (QED) is 0.811. The average Bonchev–Trinajstić information content (AvgIpc) is 2.90. The van der Waals surface area contributed by atoms with Crippen molar-refractivity contribution in [2.24, 2.45) is 0 Å². The highest BCUT2D eigenvalue weighted by molar-refractivity contribution is 6.01. The third-order valence-corrected chi connectivity index (χ3v) is 2.35. The standard InChI is InChI=1S/C14H13NO3/c16-10-11-3-5-12(6-4-11)15-14(17)8-7-13-2-1-9-18-13/h1-9,16H,10H2,(H,15,17). The number of carbonyl (C=O) groups excluding carboxylic acids is 1. The minimum absolute atomic E-state index is 0.00732. The molecular weight excluding hydrogens is 230 g/mol. The van der Waals surface area contributed by atoms with Crippen molar-refractivity contribution >= 4 is 17.7 Å². The van der Waals surface area contributed by atoms with Gasteiger partial charge in [0.25, 0.3) is 0 Å². The second-order valence-corrected chi connectivity index (χ2v) is 3.69.